The number of nitrogens with zero attached hydrogens (tertiary/aromatic N) is 1. The standard InChI is InChI=1S/C13H27N3O2/c1-4-14-12(15-7-6-8-17-5-2)16-9-13(3)10-18-11-13/h4-11H2,1-3H3,(H2,14,15,16). The maximum absolute atomic E-state index is 5.30. The first-order valence-corrected chi connectivity index (χ1v) is 6.88. The van der Waals surface area contributed by atoms with Crippen molar-refractivity contribution in [3.8, 4) is 0 Å². The van der Waals surface area contributed by atoms with E-state index in [1.54, 1.807) is 0 Å². The van der Waals surface area contributed by atoms with Gasteiger partial charge in [-0.15, -0.1) is 0 Å². The lowest BCUT2D eigenvalue weighted by Crippen LogP contribution is -2.44. The Morgan fingerprint density at radius 3 is 2.67 bits per heavy atom. The van der Waals surface area contributed by atoms with Crippen molar-refractivity contribution >= 4 is 5.96 Å². The van der Waals surface area contributed by atoms with Crippen LogP contribution < -0.4 is 10.6 Å². The van der Waals surface area contributed by atoms with Crippen LogP contribution in [-0.4, -0.2) is 52.0 Å². The number of aliphatic imine (C=N–C) groups is 1. The number of nitrogens with one attached hydrogen (secondary N) is 2. The van der Waals surface area contributed by atoms with Crippen LogP contribution in [0.5, 0.6) is 0 Å². The minimum atomic E-state index is 0.230. The van der Waals surface area contributed by atoms with E-state index in [9.17, 15) is 0 Å². The van der Waals surface area contributed by atoms with Gasteiger partial charge in [0.05, 0.1) is 19.8 Å². The Balaban J connectivity index is 2.22. The van der Waals surface area contributed by atoms with Gasteiger partial charge in [-0.25, -0.2) is 0 Å². The predicted molar refractivity (Wildman–Crippen MR) is 74.0 cm³/mol. The van der Waals surface area contributed by atoms with E-state index >= 15 is 0 Å². The molecule has 1 heterocycles. The van der Waals surface area contributed by atoms with Gasteiger partial charge in [-0.1, -0.05) is 6.92 Å². The first kappa shape index (κ1) is 15.2. The molecule has 1 aliphatic heterocycles. The average molecular weight is 257 g/mol. The molecule has 0 radical (unpaired) electrons. The number of guanidine groups is 1. The van der Waals surface area contributed by atoms with Crippen molar-refractivity contribution in [2.45, 2.75) is 27.2 Å². The van der Waals surface area contributed by atoms with Crippen LogP contribution >= 0.6 is 0 Å². The SMILES string of the molecule is CCNC(=NCC1(C)COC1)NCCCOCC. The van der Waals surface area contributed by atoms with Crippen LogP contribution in [0.1, 0.15) is 27.2 Å². The van der Waals surface area contributed by atoms with Gasteiger partial charge in [-0.3, -0.25) is 4.99 Å². The van der Waals surface area contributed by atoms with E-state index < -0.39 is 0 Å². The smallest absolute Gasteiger partial charge is 0.191 e. The molecule has 0 unspecified atom stereocenters. The van der Waals surface area contributed by atoms with E-state index in [1.807, 2.05) is 6.92 Å². The van der Waals surface area contributed by atoms with Crippen LogP contribution in [0.25, 0.3) is 0 Å². The molecule has 0 amide bonds. The molecule has 0 atom stereocenters. The Morgan fingerprint density at radius 2 is 2.11 bits per heavy atom. The highest BCUT2D eigenvalue weighted by molar-refractivity contribution is 5.79. The molecule has 2 N–H and O–H groups in total. The quantitative estimate of drug-likeness (QED) is 0.387. The lowest BCUT2D eigenvalue weighted by molar-refractivity contribution is -0.0945. The molecule has 5 nitrogen and oxygen atoms in total. The molecule has 106 valence electrons. The number of hydrogen-bond acceptors (Lipinski definition) is 3. The largest absolute Gasteiger partial charge is 0.382 e. The molecule has 1 rings (SSSR count). The molecule has 0 bridgehead atoms. The molecule has 5 heteroatoms. The molecular weight excluding hydrogens is 230 g/mol. The first-order chi connectivity index (χ1) is 8.70. The van der Waals surface area contributed by atoms with Crippen LogP contribution in [0.3, 0.4) is 0 Å². The molecule has 0 aromatic rings. The number of hydrogen-bond donors (Lipinski definition) is 2. The van der Waals surface area contributed by atoms with E-state index in [0.717, 1.165) is 58.4 Å². The summed E-state index contributed by atoms with van der Waals surface area (Å²) in [5.74, 6) is 0.891. The van der Waals surface area contributed by atoms with Gasteiger partial charge in [0, 0.05) is 31.7 Å². The van der Waals surface area contributed by atoms with Gasteiger partial charge in [0.25, 0.3) is 0 Å². The third kappa shape index (κ3) is 5.69. The highest BCUT2D eigenvalue weighted by atomic mass is 16.5. The van der Waals surface area contributed by atoms with Crippen LogP contribution in [0.2, 0.25) is 0 Å². The summed E-state index contributed by atoms with van der Waals surface area (Å²) in [5.41, 5.74) is 0.230. The highest BCUT2D eigenvalue weighted by Gasteiger charge is 2.33. The summed E-state index contributed by atoms with van der Waals surface area (Å²) < 4.78 is 10.5. The lowest BCUT2D eigenvalue weighted by Gasteiger charge is -2.36. The Bertz CT molecular complexity index is 253. The number of rotatable bonds is 8. The van der Waals surface area contributed by atoms with Crippen LogP contribution in [0, 0.1) is 5.41 Å². The Hall–Kier alpha value is -0.810. The Morgan fingerprint density at radius 1 is 1.33 bits per heavy atom. The summed E-state index contributed by atoms with van der Waals surface area (Å²) in [5, 5.41) is 6.57. The molecule has 1 aliphatic rings. The second kappa shape index (κ2) is 8.32. The normalized spacial score (nSPS) is 18.3. The number of ether oxygens (including phenoxy) is 2. The highest BCUT2D eigenvalue weighted by Crippen LogP contribution is 2.26. The van der Waals surface area contributed by atoms with Crippen molar-refractivity contribution < 1.29 is 9.47 Å². The third-order valence-corrected chi connectivity index (χ3v) is 2.83. The van der Waals surface area contributed by atoms with Gasteiger partial charge < -0.3 is 20.1 Å². The molecule has 0 aromatic heterocycles. The third-order valence-electron chi connectivity index (χ3n) is 2.83. The van der Waals surface area contributed by atoms with Gasteiger partial charge in [-0.2, -0.15) is 0 Å². The molecule has 0 saturated carbocycles. The molecule has 18 heavy (non-hydrogen) atoms. The molecule has 0 aromatic carbocycles. The lowest BCUT2D eigenvalue weighted by atomic mass is 9.89. The van der Waals surface area contributed by atoms with Crippen molar-refractivity contribution in [1.29, 1.82) is 0 Å². The minimum Gasteiger partial charge on any atom is -0.382 e. The molecule has 1 fully saturated rings. The summed E-state index contributed by atoms with van der Waals surface area (Å²) in [6.07, 6.45) is 0.999. The maximum atomic E-state index is 5.30. The van der Waals surface area contributed by atoms with Gasteiger partial charge >= 0.3 is 0 Å². The van der Waals surface area contributed by atoms with Crippen LogP contribution in [0.4, 0.5) is 0 Å². The van der Waals surface area contributed by atoms with Crippen molar-refractivity contribution in [1.82, 2.24) is 10.6 Å². The Labute approximate surface area is 110 Å². The fraction of sp³-hybridized carbons (Fsp3) is 0.923. The van der Waals surface area contributed by atoms with Crippen molar-refractivity contribution in [2.75, 3.05) is 46.1 Å². The zero-order valence-corrected chi connectivity index (χ0v) is 11.9. The summed E-state index contributed by atoms with van der Waals surface area (Å²) in [6.45, 7) is 12.1. The van der Waals surface area contributed by atoms with E-state index in [1.165, 1.54) is 0 Å². The average Bonchev–Trinajstić information content (AvgIpc) is 2.33. The summed E-state index contributed by atoms with van der Waals surface area (Å²) in [6, 6.07) is 0. The first-order valence-electron chi connectivity index (χ1n) is 6.88. The zero-order valence-electron chi connectivity index (χ0n) is 11.9. The molecule has 0 aliphatic carbocycles. The van der Waals surface area contributed by atoms with Crippen molar-refractivity contribution in [2.24, 2.45) is 10.4 Å². The second-order valence-electron chi connectivity index (χ2n) is 4.98. The van der Waals surface area contributed by atoms with Gasteiger partial charge in [0.15, 0.2) is 5.96 Å². The van der Waals surface area contributed by atoms with Gasteiger partial charge in [0.1, 0.15) is 0 Å². The second-order valence-corrected chi connectivity index (χ2v) is 4.98. The van der Waals surface area contributed by atoms with Gasteiger partial charge in [-0.05, 0) is 20.3 Å². The van der Waals surface area contributed by atoms with E-state index in [0.29, 0.717) is 0 Å². The van der Waals surface area contributed by atoms with Crippen molar-refractivity contribution in [3.05, 3.63) is 0 Å². The van der Waals surface area contributed by atoms with Gasteiger partial charge in [0.2, 0.25) is 0 Å². The van der Waals surface area contributed by atoms with E-state index in [-0.39, 0.29) is 5.41 Å². The minimum absolute atomic E-state index is 0.230. The van der Waals surface area contributed by atoms with Crippen LogP contribution in [-0.2, 0) is 9.47 Å². The molecule has 0 spiro atoms. The predicted octanol–water partition coefficient (Wildman–Crippen LogP) is 1.00. The maximum Gasteiger partial charge on any atom is 0.191 e. The van der Waals surface area contributed by atoms with E-state index in [2.05, 4.69) is 29.5 Å². The molecular formula is C13H27N3O2. The fourth-order valence-electron chi connectivity index (χ4n) is 1.68. The summed E-state index contributed by atoms with van der Waals surface area (Å²) in [7, 11) is 0. The monoisotopic (exact) mass is 257 g/mol. The zero-order chi connectivity index (χ0) is 13.3. The van der Waals surface area contributed by atoms with E-state index in [4.69, 9.17) is 9.47 Å². The summed E-state index contributed by atoms with van der Waals surface area (Å²) in [4.78, 5) is 4.60. The van der Waals surface area contributed by atoms with Crippen molar-refractivity contribution in [3.63, 3.8) is 0 Å². The Kier molecular flexibility index (Phi) is 7.05. The van der Waals surface area contributed by atoms with Crippen LogP contribution in [0.15, 0.2) is 4.99 Å². The summed E-state index contributed by atoms with van der Waals surface area (Å²) >= 11 is 0. The molecule has 1 saturated heterocycles. The fourth-order valence-corrected chi connectivity index (χ4v) is 1.68. The topological polar surface area (TPSA) is 54.9 Å².